The van der Waals surface area contributed by atoms with E-state index in [2.05, 4.69) is 0 Å². The smallest absolute Gasteiger partial charge is 0.273 e. The fraction of sp³-hybridized carbons (Fsp3) is 0.333. The molecule has 1 rings (SSSR count). The van der Waals surface area contributed by atoms with Crippen molar-refractivity contribution >= 4 is 5.69 Å². The van der Waals surface area contributed by atoms with E-state index in [4.69, 9.17) is 15.9 Å². The number of nitrogens with two attached hydrogens (primary N) is 1. The van der Waals surface area contributed by atoms with Crippen LogP contribution in [0.1, 0.15) is 6.42 Å². The van der Waals surface area contributed by atoms with Crippen molar-refractivity contribution in [1.29, 1.82) is 0 Å². The third-order valence-corrected chi connectivity index (χ3v) is 1.40. The quantitative estimate of drug-likeness (QED) is 0.505. The Morgan fingerprint density at radius 3 is 2.40 bits per heavy atom. The third-order valence-electron chi connectivity index (χ3n) is 1.40. The Morgan fingerprint density at radius 1 is 1.47 bits per heavy atom. The number of aliphatic hydroxyl groups excluding tert-OH is 1. The Hall–Kier alpha value is -1.66. The number of nitro benzene ring substituents is 1. The van der Waals surface area contributed by atoms with Gasteiger partial charge in [-0.1, -0.05) is 6.07 Å². The molecular weight excluding hydrogens is 200 g/mol. The Balaban J connectivity index is 0.000000336. The van der Waals surface area contributed by atoms with Crippen LogP contribution in [0.5, 0.6) is 5.75 Å². The molecule has 0 heterocycles. The summed E-state index contributed by atoms with van der Waals surface area (Å²) in [5.41, 5.74) is 4.88. The number of benzene rings is 1. The minimum Gasteiger partial charge on any atom is -0.508 e. The van der Waals surface area contributed by atoms with Crippen LogP contribution in [0.3, 0.4) is 0 Å². The lowest BCUT2D eigenvalue weighted by atomic mass is 10.3. The van der Waals surface area contributed by atoms with Crippen LogP contribution >= 0.6 is 0 Å². The molecule has 0 atom stereocenters. The molecule has 0 amide bonds. The van der Waals surface area contributed by atoms with E-state index in [1.54, 1.807) is 0 Å². The molecule has 0 bridgehead atoms. The summed E-state index contributed by atoms with van der Waals surface area (Å²) in [6.07, 6.45) is 0.722. The largest absolute Gasteiger partial charge is 0.508 e. The van der Waals surface area contributed by atoms with Crippen molar-refractivity contribution in [1.82, 2.24) is 0 Å². The van der Waals surface area contributed by atoms with Crippen LogP contribution in [-0.4, -0.2) is 28.3 Å². The standard InChI is InChI=1S/C6H5NO3.C3H9NO/c8-6-3-1-2-5(4-6)7(9)10;4-2-1-3-5/h1-4,8H;5H,1-4H2. The van der Waals surface area contributed by atoms with Crippen molar-refractivity contribution in [3.63, 3.8) is 0 Å². The highest BCUT2D eigenvalue weighted by atomic mass is 16.6. The summed E-state index contributed by atoms with van der Waals surface area (Å²) in [6, 6.07) is 5.22. The predicted octanol–water partition coefficient (Wildman–Crippen LogP) is 0.628. The minimum atomic E-state index is -0.556. The van der Waals surface area contributed by atoms with Gasteiger partial charge in [0, 0.05) is 12.7 Å². The SMILES string of the molecule is NCCCO.O=[N+]([O-])c1cccc(O)c1. The average Bonchev–Trinajstić information content (AvgIpc) is 2.20. The van der Waals surface area contributed by atoms with Crippen LogP contribution in [0.2, 0.25) is 0 Å². The molecule has 0 radical (unpaired) electrons. The molecule has 1 aromatic carbocycles. The van der Waals surface area contributed by atoms with Gasteiger partial charge in [0.15, 0.2) is 0 Å². The van der Waals surface area contributed by atoms with Crippen LogP contribution in [-0.2, 0) is 0 Å². The third kappa shape index (κ3) is 6.42. The van der Waals surface area contributed by atoms with Crippen LogP contribution in [0, 0.1) is 10.1 Å². The summed E-state index contributed by atoms with van der Waals surface area (Å²) >= 11 is 0. The number of aliphatic hydroxyl groups is 1. The van der Waals surface area contributed by atoms with E-state index >= 15 is 0 Å². The van der Waals surface area contributed by atoms with E-state index in [0.717, 1.165) is 12.5 Å². The van der Waals surface area contributed by atoms with Crippen molar-refractivity contribution in [3.8, 4) is 5.75 Å². The lowest BCUT2D eigenvalue weighted by molar-refractivity contribution is -0.384. The van der Waals surface area contributed by atoms with Crippen LogP contribution in [0.4, 0.5) is 5.69 Å². The molecule has 0 saturated heterocycles. The van der Waals surface area contributed by atoms with E-state index in [1.165, 1.54) is 18.2 Å². The van der Waals surface area contributed by atoms with Gasteiger partial charge in [-0.25, -0.2) is 0 Å². The van der Waals surface area contributed by atoms with Gasteiger partial charge in [0.1, 0.15) is 5.75 Å². The zero-order chi connectivity index (χ0) is 11.7. The Kier molecular flexibility index (Phi) is 6.86. The van der Waals surface area contributed by atoms with Gasteiger partial charge in [-0.3, -0.25) is 10.1 Å². The van der Waals surface area contributed by atoms with Gasteiger partial charge in [-0.05, 0) is 19.0 Å². The number of hydrogen-bond donors (Lipinski definition) is 3. The van der Waals surface area contributed by atoms with Gasteiger partial charge in [-0.2, -0.15) is 0 Å². The summed E-state index contributed by atoms with van der Waals surface area (Å²) in [5, 5.41) is 26.8. The number of aromatic hydroxyl groups is 1. The fourth-order valence-corrected chi connectivity index (χ4v) is 0.698. The second-order valence-electron chi connectivity index (χ2n) is 2.64. The van der Waals surface area contributed by atoms with Gasteiger partial charge in [0.05, 0.1) is 11.0 Å². The lowest BCUT2D eigenvalue weighted by Gasteiger charge is -1.89. The highest BCUT2D eigenvalue weighted by molar-refractivity contribution is 5.36. The highest BCUT2D eigenvalue weighted by Crippen LogP contribution is 2.16. The number of non-ortho nitro benzene ring substituents is 1. The van der Waals surface area contributed by atoms with Gasteiger partial charge >= 0.3 is 0 Å². The Morgan fingerprint density at radius 2 is 2.13 bits per heavy atom. The molecule has 6 nitrogen and oxygen atoms in total. The molecule has 0 saturated carbocycles. The maximum atomic E-state index is 10.0. The summed E-state index contributed by atoms with van der Waals surface area (Å²) in [7, 11) is 0. The monoisotopic (exact) mass is 214 g/mol. The topological polar surface area (TPSA) is 110 Å². The normalized spacial score (nSPS) is 8.93. The van der Waals surface area contributed by atoms with E-state index in [1.807, 2.05) is 0 Å². The first-order valence-corrected chi connectivity index (χ1v) is 4.36. The molecule has 0 spiro atoms. The fourth-order valence-electron chi connectivity index (χ4n) is 0.698. The first kappa shape index (κ1) is 13.3. The van der Waals surface area contributed by atoms with Gasteiger partial charge in [-0.15, -0.1) is 0 Å². The number of phenols is 1. The molecule has 0 aromatic heterocycles. The van der Waals surface area contributed by atoms with Crippen molar-refractivity contribution in [2.75, 3.05) is 13.2 Å². The van der Waals surface area contributed by atoms with Crippen LogP contribution < -0.4 is 5.73 Å². The molecule has 0 aliphatic rings. The average molecular weight is 214 g/mol. The second kappa shape index (κ2) is 7.72. The summed E-state index contributed by atoms with van der Waals surface area (Å²) in [4.78, 5) is 9.49. The van der Waals surface area contributed by atoms with Crippen LogP contribution in [0.15, 0.2) is 24.3 Å². The van der Waals surface area contributed by atoms with Gasteiger partial charge in [0.2, 0.25) is 0 Å². The first-order valence-electron chi connectivity index (χ1n) is 4.36. The lowest BCUT2D eigenvalue weighted by Crippen LogP contribution is -1.99. The van der Waals surface area contributed by atoms with Gasteiger partial charge in [0.25, 0.3) is 5.69 Å². The molecule has 15 heavy (non-hydrogen) atoms. The predicted molar refractivity (Wildman–Crippen MR) is 55.5 cm³/mol. The molecule has 4 N–H and O–H groups in total. The number of nitrogens with zero attached hydrogens (tertiary/aromatic N) is 1. The first-order chi connectivity index (χ1) is 7.11. The van der Waals surface area contributed by atoms with Crippen molar-refractivity contribution in [2.45, 2.75) is 6.42 Å². The number of hydrogen-bond acceptors (Lipinski definition) is 5. The number of nitro groups is 1. The molecule has 0 unspecified atom stereocenters. The number of phenolic OH excluding ortho intramolecular Hbond substituents is 1. The minimum absolute atomic E-state index is 0.0887. The molecule has 0 fully saturated rings. The molecule has 6 heteroatoms. The van der Waals surface area contributed by atoms with Crippen molar-refractivity contribution < 1.29 is 15.1 Å². The van der Waals surface area contributed by atoms with Crippen LogP contribution in [0.25, 0.3) is 0 Å². The maximum Gasteiger partial charge on any atom is 0.273 e. The Labute approximate surface area is 87.1 Å². The van der Waals surface area contributed by atoms with E-state index in [9.17, 15) is 10.1 Å². The molecular formula is C9H14N2O4. The molecule has 0 aliphatic carbocycles. The van der Waals surface area contributed by atoms with E-state index < -0.39 is 4.92 Å². The van der Waals surface area contributed by atoms with Gasteiger partial charge < -0.3 is 15.9 Å². The number of rotatable bonds is 3. The summed E-state index contributed by atoms with van der Waals surface area (Å²) in [5.74, 6) is -0.0887. The highest BCUT2D eigenvalue weighted by Gasteiger charge is 2.03. The zero-order valence-electron chi connectivity index (χ0n) is 8.17. The second-order valence-corrected chi connectivity index (χ2v) is 2.64. The summed E-state index contributed by atoms with van der Waals surface area (Å²) in [6.45, 7) is 0.812. The van der Waals surface area contributed by atoms with Crippen molar-refractivity contribution in [2.24, 2.45) is 5.73 Å². The molecule has 0 aliphatic heterocycles. The maximum absolute atomic E-state index is 10.0. The Bertz CT molecular complexity index is 302. The summed E-state index contributed by atoms with van der Waals surface area (Å²) < 4.78 is 0. The molecule has 84 valence electrons. The zero-order valence-corrected chi connectivity index (χ0v) is 8.17. The van der Waals surface area contributed by atoms with Crippen molar-refractivity contribution in [3.05, 3.63) is 34.4 Å². The molecule has 1 aromatic rings. The van der Waals surface area contributed by atoms with E-state index in [-0.39, 0.29) is 18.0 Å². The van der Waals surface area contributed by atoms with E-state index in [0.29, 0.717) is 6.54 Å².